The van der Waals surface area contributed by atoms with Crippen molar-refractivity contribution >= 4 is 51.7 Å². The van der Waals surface area contributed by atoms with Crippen LogP contribution in [0, 0.1) is 13.8 Å². The third kappa shape index (κ3) is 6.34. The zero-order valence-corrected chi connectivity index (χ0v) is 20.1. The molecule has 1 N–H and O–H groups in total. The molecule has 0 aromatic heterocycles. The van der Waals surface area contributed by atoms with Gasteiger partial charge in [0.2, 0.25) is 11.8 Å². The van der Waals surface area contributed by atoms with E-state index in [2.05, 4.69) is 5.32 Å². The molecule has 1 heterocycles. The van der Waals surface area contributed by atoms with Crippen LogP contribution in [-0.2, 0) is 14.3 Å². The van der Waals surface area contributed by atoms with Crippen LogP contribution in [0.25, 0.3) is 0 Å². The molecule has 0 spiro atoms. The Balaban J connectivity index is 1.74. The number of halogens is 1. The van der Waals surface area contributed by atoms with Crippen molar-refractivity contribution in [1.29, 1.82) is 0 Å². The first-order valence-electron chi connectivity index (χ1n) is 10.6. The molecule has 1 saturated heterocycles. The quantitative estimate of drug-likeness (QED) is 0.499. The number of amides is 2. The molecule has 1 atom stereocenters. The van der Waals surface area contributed by atoms with Crippen LogP contribution < -0.4 is 5.32 Å². The Morgan fingerprint density at radius 2 is 2.03 bits per heavy atom. The number of amidine groups is 1. The third-order valence-electron chi connectivity index (χ3n) is 5.03. The van der Waals surface area contributed by atoms with Gasteiger partial charge in [0.25, 0.3) is 0 Å². The van der Waals surface area contributed by atoms with E-state index in [4.69, 9.17) is 21.3 Å². The van der Waals surface area contributed by atoms with E-state index in [9.17, 15) is 9.59 Å². The largest absolute Gasteiger partial charge is 0.382 e. The number of thioether (sulfide) groups is 1. The van der Waals surface area contributed by atoms with Gasteiger partial charge in [0.15, 0.2) is 5.17 Å². The summed E-state index contributed by atoms with van der Waals surface area (Å²) in [6.07, 6.45) is 0.762. The number of anilines is 1. The van der Waals surface area contributed by atoms with Crippen molar-refractivity contribution in [3.63, 3.8) is 0 Å². The van der Waals surface area contributed by atoms with Gasteiger partial charge in [-0.2, -0.15) is 0 Å². The second-order valence-corrected chi connectivity index (χ2v) is 9.12. The molecular formula is C24H28ClN3O3S. The van der Waals surface area contributed by atoms with Gasteiger partial charge in [0.1, 0.15) is 5.25 Å². The normalized spacial score (nSPS) is 17.2. The van der Waals surface area contributed by atoms with Gasteiger partial charge >= 0.3 is 0 Å². The van der Waals surface area contributed by atoms with Gasteiger partial charge in [0, 0.05) is 36.9 Å². The minimum absolute atomic E-state index is 0.0598. The van der Waals surface area contributed by atoms with Crippen LogP contribution in [0.5, 0.6) is 0 Å². The molecule has 2 aromatic rings. The molecule has 0 bridgehead atoms. The molecule has 0 radical (unpaired) electrons. The predicted molar refractivity (Wildman–Crippen MR) is 132 cm³/mol. The number of carbonyl (C=O) groups excluding carboxylic acids is 2. The van der Waals surface area contributed by atoms with Gasteiger partial charge in [-0.3, -0.25) is 14.5 Å². The Morgan fingerprint density at radius 1 is 1.25 bits per heavy atom. The highest BCUT2D eigenvalue weighted by Gasteiger charge is 2.39. The van der Waals surface area contributed by atoms with Crippen molar-refractivity contribution in [2.24, 2.45) is 4.99 Å². The monoisotopic (exact) mass is 473 g/mol. The zero-order chi connectivity index (χ0) is 23.1. The number of nitrogens with zero attached hydrogens (tertiary/aromatic N) is 2. The number of aryl methyl sites for hydroxylation is 1. The summed E-state index contributed by atoms with van der Waals surface area (Å²) in [6, 6.07) is 13.2. The van der Waals surface area contributed by atoms with Gasteiger partial charge in [-0.15, -0.1) is 0 Å². The lowest BCUT2D eigenvalue weighted by atomic mass is 10.2. The highest BCUT2D eigenvalue weighted by molar-refractivity contribution is 8.15. The molecule has 3 rings (SSSR count). The van der Waals surface area contributed by atoms with Crippen LogP contribution >= 0.6 is 23.4 Å². The Kier molecular flexibility index (Phi) is 8.73. The lowest BCUT2D eigenvalue weighted by Gasteiger charge is -2.16. The van der Waals surface area contributed by atoms with E-state index in [0.29, 0.717) is 42.1 Å². The highest BCUT2D eigenvalue weighted by atomic mass is 35.5. The van der Waals surface area contributed by atoms with Crippen molar-refractivity contribution in [1.82, 2.24) is 4.90 Å². The van der Waals surface area contributed by atoms with Crippen LogP contribution in [0.1, 0.15) is 30.9 Å². The molecule has 32 heavy (non-hydrogen) atoms. The summed E-state index contributed by atoms with van der Waals surface area (Å²) in [7, 11) is 0. The standard InChI is InChI=1S/C24H28ClN3O3S/c1-4-31-13-7-12-28-23(30)21(32-24(28)26-18-9-5-8-16(2)14-18)15-22(29)27-20-11-6-10-19(25)17(20)3/h5-6,8-11,14,21H,4,7,12-13,15H2,1-3H3,(H,27,29). The maximum Gasteiger partial charge on any atom is 0.242 e. The minimum atomic E-state index is -0.523. The number of hydrogen-bond donors (Lipinski definition) is 1. The first kappa shape index (κ1) is 24.3. The Labute approximate surface area is 198 Å². The van der Waals surface area contributed by atoms with Crippen molar-refractivity contribution in [3.05, 3.63) is 58.6 Å². The van der Waals surface area contributed by atoms with Crippen LogP contribution in [-0.4, -0.2) is 46.9 Å². The molecule has 1 fully saturated rings. The van der Waals surface area contributed by atoms with Gasteiger partial charge in [-0.25, -0.2) is 4.99 Å². The Bertz CT molecular complexity index is 1010. The topological polar surface area (TPSA) is 71.0 Å². The van der Waals surface area contributed by atoms with Crippen LogP contribution in [0.2, 0.25) is 5.02 Å². The Morgan fingerprint density at radius 3 is 2.78 bits per heavy atom. The molecule has 2 aromatic carbocycles. The number of hydrogen-bond acceptors (Lipinski definition) is 5. The molecule has 1 aliphatic heterocycles. The summed E-state index contributed by atoms with van der Waals surface area (Å²) < 4.78 is 5.42. The SMILES string of the molecule is CCOCCCN1C(=O)C(CC(=O)Nc2cccc(Cl)c2C)SC1=Nc1cccc(C)c1. The summed E-state index contributed by atoms with van der Waals surface area (Å²) in [5, 5.41) is 3.56. The smallest absolute Gasteiger partial charge is 0.242 e. The molecule has 2 amide bonds. The number of rotatable bonds is 9. The van der Waals surface area contributed by atoms with E-state index < -0.39 is 5.25 Å². The molecule has 0 aliphatic carbocycles. The number of nitrogens with one attached hydrogen (secondary N) is 1. The molecule has 170 valence electrons. The summed E-state index contributed by atoms with van der Waals surface area (Å²) in [5.74, 6) is -0.330. The minimum Gasteiger partial charge on any atom is -0.382 e. The van der Waals surface area contributed by atoms with Gasteiger partial charge in [-0.05, 0) is 62.6 Å². The molecule has 8 heteroatoms. The van der Waals surface area contributed by atoms with Gasteiger partial charge < -0.3 is 10.1 Å². The molecule has 0 saturated carbocycles. The fraction of sp³-hybridized carbons (Fsp3) is 0.375. The fourth-order valence-electron chi connectivity index (χ4n) is 3.32. The molecule has 1 unspecified atom stereocenters. The van der Waals surface area contributed by atoms with E-state index in [1.807, 2.05) is 45.0 Å². The average molecular weight is 474 g/mol. The van der Waals surface area contributed by atoms with Crippen molar-refractivity contribution < 1.29 is 14.3 Å². The van der Waals surface area contributed by atoms with Crippen LogP contribution in [0.4, 0.5) is 11.4 Å². The maximum atomic E-state index is 13.1. The molecule has 6 nitrogen and oxygen atoms in total. The average Bonchev–Trinajstić information content (AvgIpc) is 3.03. The summed E-state index contributed by atoms with van der Waals surface area (Å²) in [4.78, 5) is 32.2. The second-order valence-electron chi connectivity index (χ2n) is 7.54. The zero-order valence-electron chi connectivity index (χ0n) is 18.6. The maximum absolute atomic E-state index is 13.1. The van der Waals surface area contributed by atoms with E-state index in [1.165, 1.54) is 11.8 Å². The van der Waals surface area contributed by atoms with Crippen molar-refractivity contribution in [2.75, 3.05) is 25.1 Å². The van der Waals surface area contributed by atoms with Crippen molar-refractivity contribution in [2.45, 2.75) is 38.9 Å². The van der Waals surface area contributed by atoms with Gasteiger partial charge in [-0.1, -0.05) is 41.6 Å². The summed E-state index contributed by atoms with van der Waals surface area (Å²) in [5.41, 5.74) is 3.33. The summed E-state index contributed by atoms with van der Waals surface area (Å²) in [6.45, 7) is 7.50. The first-order valence-corrected chi connectivity index (χ1v) is 11.9. The number of ether oxygens (including phenoxy) is 1. The fourth-order valence-corrected chi connectivity index (χ4v) is 4.68. The molecular weight excluding hydrogens is 446 g/mol. The number of benzene rings is 2. The lowest BCUT2D eigenvalue weighted by Crippen LogP contribution is -2.34. The highest BCUT2D eigenvalue weighted by Crippen LogP contribution is 2.32. The second kappa shape index (κ2) is 11.5. The van der Waals surface area contributed by atoms with Crippen LogP contribution in [0.15, 0.2) is 47.5 Å². The number of aliphatic imine (C=N–C) groups is 1. The van der Waals surface area contributed by atoms with Crippen LogP contribution in [0.3, 0.4) is 0 Å². The van der Waals surface area contributed by atoms with E-state index in [0.717, 1.165) is 16.8 Å². The lowest BCUT2D eigenvalue weighted by molar-refractivity contribution is -0.128. The van der Waals surface area contributed by atoms with Gasteiger partial charge in [0.05, 0.1) is 5.69 Å². The molecule has 1 aliphatic rings. The summed E-state index contributed by atoms with van der Waals surface area (Å²) >= 11 is 7.48. The Hall–Kier alpha value is -2.35. The van der Waals surface area contributed by atoms with E-state index >= 15 is 0 Å². The first-order chi connectivity index (χ1) is 15.4. The third-order valence-corrected chi connectivity index (χ3v) is 6.62. The van der Waals surface area contributed by atoms with E-state index in [1.54, 1.807) is 23.1 Å². The number of carbonyl (C=O) groups is 2. The van der Waals surface area contributed by atoms with E-state index in [-0.39, 0.29) is 18.2 Å². The van der Waals surface area contributed by atoms with Crippen molar-refractivity contribution in [3.8, 4) is 0 Å². The predicted octanol–water partition coefficient (Wildman–Crippen LogP) is 5.34.